The van der Waals surface area contributed by atoms with Gasteiger partial charge in [-0.2, -0.15) is 0 Å². The Hall–Kier alpha value is -1.50. The Balaban J connectivity index is 2.92. The molecule has 0 heterocycles. The molecular weight excluding hydrogens is 252 g/mol. The minimum Gasteiger partial charge on any atom is -0.322 e. The number of halogens is 2. The van der Waals surface area contributed by atoms with Crippen LogP contribution in [0.5, 0.6) is 0 Å². The van der Waals surface area contributed by atoms with Gasteiger partial charge in [-0.05, 0) is 19.1 Å². The van der Waals surface area contributed by atoms with E-state index in [9.17, 15) is 22.0 Å². The second-order valence-corrected chi connectivity index (χ2v) is 5.95. The third-order valence-corrected chi connectivity index (χ3v) is 3.70. The van der Waals surface area contributed by atoms with Gasteiger partial charge in [-0.3, -0.25) is 4.79 Å². The predicted octanol–water partition coefficient (Wildman–Crippen LogP) is 1.34. The molecule has 0 fully saturated rings. The fraction of sp³-hybridized carbons (Fsp3) is 0.300. The van der Waals surface area contributed by atoms with Crippen LogP contribution < -0.4 is 5.32 Å². The molecule has 0 saturated heterocycles. The zero-order valence-corrected chi connectivity index (χ0v) is 10.0. The van der Waals surface area contributed by atoms with Gasteiger partial charge in [-0.25, -0.2) is 17.2 Å². The van der Waals surface area contributed by atoms with E-state index >= 15 is 0 Å². The SMILES string of the molecule is C[C@@H](C(=O)Nc1cc(F)ccc1F)S(C)(=O)=O. The normalized spacial score (nSPS) is 13.2. The first-order valence-electron chi connectivity index (χ1n) is 4.66. The van der Waals surface area contributed by atoms with Crippen LogP contribution in [0.4, 0.5) is 14.5 Å². The Kier molecular flexibility index (Phi) is 3.82. The number of rotatable bonds is 3. The van der Waals surface area contributed by atoms with Gasteiger partial charge in [0.15, 0.2) is 9.84 Å². The first-order chi connectivity index (χ1) is 7.71. The topological polar surface area (TPSA) is 63.2 Å². The molecule has 94 valence electrons. The summed E-state index contributed by atoms with van der Waals surface area (Å²) in [4.78, 5) is 11.4. The van der Waals surface area contributed by atoms with Crippen molar-refractivity contribution in [2.45, 2.75) is 12.2 Å². The molecule has 0 aliphatic carbocycles. The monoisotopic (exact) mass is 263 g/mol. The van der Waals surface area contributed by atoms with E-state index in [0.29, 0.717) is 0 Å². The maximum atomic E-state index is 13.2. The molecule has 4 nitrogen and oxygen atoms in total. The fourth-order valence-electron chi connectivity index (χ4n) is 1.02. The van der Waals surface area contributed by atoms with Crippen LogP contribution in [0.1, 0.15) is 6.92 Å². The van der Waals surface area contributed by atoms with Crippen molar-refractivity contribution in [3.63, 3.8) is 0 Å². The molecule has 1 aromatic rings. The second kappa shape index (κ2) is 4.79. The first kappa shape index (κ1) is 13.6. The molecule has 0 radical (unpaired) electrons. The highest BCUT2D eigenvalue weighted by Crippen LogP contribution is 2.16. The average molecular weight is 263 g/mol. The van der Waals surface area contributed by atoms with Crippen molar-refractivity contribution in [1.82, 2.24) is 0 Å². The molecule has 0 aromatic heterocycles. The Morgan fingerprint density at radius 2 is 1.94 bits per heavy atom. The molecule has 0 spiro atoms. The highest BCUT2D eigenvalue weighted by molar-refractivity contribution is 7.92. The highest BCUT2D eigenvalue weighted by Gasteiger charge is 2.24. The van der Waals surface area contributed by atoms with Crippen LogP contribution >= 0.6 is 0 Å². The number of carbonyl (C=O) groups is 1. The zero-order chi connectivity index (χ0) is 13.2. The Morgan fingerprint density at radius 1 is 1.35 bits per heavy atom. The predicted molar refractivity (Wildman–Crippen MR) is 59.3 cm³/mol. The van der Waals surface area contributed by atoms with E-state index in [-0.39, 0.29) is 5.69 Å². The van der Waals surface area contributed by atoms with Gasteiger partial charge in [0.05, 0.1) is 5.69 Å². The minimum atomic E-state index is -3.57. The summed E-state index contributed by atoms with van der Waals surface area (Å²) in [5, 5.41) is 0.696. The van der Waals surface area contributed by atoms with Crippen LogP contribution in [-0.4, -0.2) is 25.8 Å². The molecule has 1 amide bonds. The third kappa shape index (κ3) is 3.48. The van der Waals surface area contributed by atoms with E-state index in [0.717, 1.165) is 24.5 Å². The van der Waals surface area contributed by atoms with Gasteiger partial charge < -0.3 is 5.32 Å². The lowest BCUT2D eigenvalue weighted by Crippen LogP contribution is -2.32. The molecule has 1 atom stereocenters. The van der Waals surface area contributed by atoms with Crippen molar-refractivity contribution in [2.75, 3.05) is 11.6 Å². The molecule has 0 unspecified atom stereocenters. The van der Waals surface area contributed by atoms with Gasteiger partial charge in [-0.15, -0.1) is 0 Å². The number of nitrogens with one attached hydrogen (secondary N) is 1. The Bertz CT molecular complexity index is 542. The lowest BCUT2D eigenvalue weighted by molar-refractivity contribution is -0.115. The van der Waals surface area contributed by atoms with E-state index in [1.807, 2.05) is 5.32 Å². The van der Waals surface area contributed by atoms with Crippen LogP contribution in [0.3, 0.4) is 0 Å². The van der Waals surface area contributed by atoms with Gasteiger partial charge >= 0.3 is 0 Å². The summed E-state index contributed by atoms with van der Waals surface area (Å²) in [5.74, 6) is -2.47. The number of carbonyl (C=O) groups excluding carboxylic acids is 1. The van der Waals surface area contributed by atoms with E-state index < -0.39 is 32.6 Å². The van der Waals surface area contributed by atoms with E-state index in [2.05, 4.69) is 0 Å². The van der Waals surface area contributed by atoms with Crippen molar-refractivity contribution in [3.8, 4) is 0 Å². The van der Waals surface area contributed by atoms with Crippen molar-refractivity contribution < 1.29 is 22.0 Å². The first-order valence-corrected chi connectivity index (χ1v) is 6.62. The number of sulfone groups is 1. The largest absolute Gasteiger partial charge is 0.322 e. The molecule has 1 aromatic carbocycles. The third-order valence-electron chi connectivity index (χ3n) is 2.20. The quantitative estimate of drug-likeness (QED) is 0.895. The number of hydrogen-bond acceptors (Lipinski definition) is 3. The zero-order valence-electron chi connectivity index (χ0n) is 9.20. The van der Waals surface area contributed by atoms with Gasteiger partial charge in [0, 0.05) is 12.3 Å². The fourth-order valence-corrected chi connectivity index (χ4v) is 1.47. The molecule has 17 heavy (non-hydrogen) atoms. The van der Waals surface area contributed by atoms with Crippen molar-refractivity contribution >= 4 is 21.4 Å². The van der Waals surface area contributed by atoms with Gasteiger partial charge in [0.25, 0.3) is 0 Å². The van der Waals surface area contributed by atoms with E-state index in [4.69, 9.17) is 0 Å². The maximum absolute atomic E-state index is 13.2. The lowest BCUT2D eigenvalue weighted by Gasteiger charge is -2.10. The summed E-state index contributed by atoms with van der Waals surface area (Å²) >= 11 is 0. The summed E-state index contributed by atoms with van der Waals surface area (Å²) < 4.78 is 48.1. The van der Waals surface area contributed by atoms with E-state index in [1.54, 1.807) is 0 Å². The summed E-state index contributed by atoms with van der Waals surface area (Å²) in [5.41, 5.74) is -0.384. The van der Waals surface area contributed by atoms with Crippen LogP contribution in [0.25, 0.3) is 0 Å². The number of benzene rings is 1. The Morgan fingerprint density at radius 3 is 2.47 bits per heavy atom. The highest BCUT2D eigenvalue weighted by atomic mass is 32.2. The molecule has 1 N–H and O–H groups in total. The standard InChI is InChI=1S/C10H11F2NO3S/c1-6(17(2,15)16)10(14)13-9-5-7(11)3-4-8(9)12/h3-6H,1-2H3,(H,13,14)/t6-/m0/s1. The van der Waals surface area contributed by atoms with Crippen LogP contribution in [0.2, 0.25) is 0 Å². The van der Waals surface area contributed by atoms with Gasteiger partial charge in [-0.1, -0.05) is 0 Å². The smallest absolute Gasteiger partial charge is 0.242 e. The molecule has 0 aliphatic heterocycles. The van der Waals surface area contributed by atoms with Crippen molar-refractivity contribution in [1.29, 1.82) is 0 Å². The van der Waals surface area contributed by atoms with Crippen LogP contribution in [-0.2, 0) is 14.6 Å². The van der Waals surface area contributed by atoms with Gasteiger partial charge in [0.1, 0.15) is 16.9 Å². The number of anilines is 1. The summed E-state index contributed by atoms with van der Waals surface area (Å²) in [7, 11) is -3.57. The molecule has 7 heteroatoms. The van der Waals surface area contributed by atoms with E-state index in [1.165, 1.54) is 6.92 Å². The summed E-state index contributed by atoms with van der Waals surface area (Å²) in [6.45, 7) is 1.17. The summed E-state index contributed by atoms with van der Waals surface area (Å²) in [6, 6.07) is 2.52. The van der Waals surface area contributed by atoms with Crippen LogP contribution in [0.15, 0.2) is 18.2 Å². The second-order valence-electron chi connectivity index (χ2n) is 3.59. The average Bonchev–Trinajstić information content (AvgIpc) is 2.21. The maximum Gasteiger partial charge on any atom is 0.242 e. The van der Waals surface area contributed by atoms with Crippen LogP contribution in [0, 0.1) is 11.6 Å². The molecule has 0 saturated carbocycles. The summed E-state index contributed by atoms with van der Waals surface area (Å²) in [6.07, 6.45) is 0.888. The van der Waals surface area contributed by atoms with Gasteiger partial charge in [0.2, 0.25) is 5.91 Å². The molecule has 0 aliphatic rings. The Labute approximate surface area is 97.6 Å². The minimum absolute atomic E-state index is 0.384. The molecule has 0 bridgehead atoms. The molecular formula is C10H11F2NO3S. The molecule has 1 rings (SSSR count). The lowest BCUT2D eigenvalue weighted by atomic mass is 10.3. The number of amides is 1. The van der Waals surface area contributed by atoms with Crippen molar-refractivity contribution in [3.05, 3.63) is 29.8 Å². The van der Waals surface area contributed by atoms with Crippen molar-refractivity contribution in [2.24, 2.45) is 0 Å². The number of hydrogen-bond donors (Lipinski definition) is 1.